The van der Waals surface area contributed by atoms with Crippen molar-refractivity contribution in [3.8, 4) is 0 Å². The number of hydrogen-bond donors (Lipinski definition) is 21. The average molecular weight is 1880 g/mol. The lowest BCUT2D eigenvalue weighted by molar-refractivity contribution is -0.149. The minimum atomic E-state index is -1.88. The van der Waals surface area contributed by atoms with Crippen LogP contribution in [-0.2, 0) is 107 Å². The molecule has 728 valence electrons. The molecule has 3 aromatic carbocycles. The molecule has 2 fully saturated rings. The number of nitrogens with one attached hydrogen (secondary N) is 16. The number of hydrogen-bond acceptors (Lipinski definition) is 22. The Labute approximate surface area is 780 Å². The van der Waals surface area contributed by atoms with Crippen molar-refractivity contribution in [3.63, 3.8) is 0 Å². The van der Waals surface area contributed by atoms with Crippen molar-refractivity contribution in [2.75, 3.05) is 65.4 Å². The van der Waals surface area contributed by atoms with Crippen LogP contribution in [-0.4, -0.2) is 301 Å². The Bertz CT molecular complexity index is 5090. The van der Waals surface area contributed by atoms with Crippen molar-refractivity contribution < 1.29 is 86.6 Å². The molecule has 3 aromatic heterocycles. The van der Waals surface area contributed by atoms with Gasteiger partial charge in [0.15, 0.2) is 5.96 Å². The molecule has 0 aliphatic carbocycles. The number of aromatic amines is 3. The van der Waals surface area contributed by atoms with Crippen LogP contribution in [0.2, 0.25) is 0 Å². The third kappa shape index (κ3) is 30.8. The van der Waals surface area contributed by atoms with E-state index in [1.54, 1.807) is 105 Å². The third-order valence-corrected chi connectivity index (χ3v) is 24.5. The van der Waals surface area contributed by atoms with E-state index in [4.69, 9.17) is 28.3 Å². The van der Waals surface area contributed by atoms with Gasteiger partial charge in [-0.25, -0.2) is 4.98 Å². The zero-order valence-corrected chi connectivity index (χ0v) is 77.6. The summed E-state index contributed by atoms with van der Waals surface area (Å²) in [5, 5.41) is 52.2. The second-order valence-electron chi connectivity index (χ2n) is 34.0. The summed E-state index contributed by atoms with van der Waals surface area (Å²) in [7, 11) is 3.96. The first kappa shape index (κ1) is 106. The standard InChI is InChI=1S/C90H129N25O18S/c1-9-11-29-70-84(128)104-60(28-20-34-97-90(94)95)78(122)111-69(77(121)100-45-74(93)118)47-134-48-75(119)102-65(37-52-22-14-13-15-23-52)86(130)112(6)51(5)76(120)108-67(41-73(92)117)88(132)115-35-21-31-71(115)85(129)107-64(40-55-44-96-49-101-55)82(126)105-62(36-50(3)4)80(124)103-61(32-33-91)79(123)106-63(38-53-42-98-58-26-18-16-24-56(53)58)81(125)110-68(46-116)83(127)109-66(39-54-43-99-59-27-19-17-25-57(54)59)87(131)114(8)72(30-12-10-2)89(133)113(70)7/h13-19,22-27,42-44,49-51,60-72,98-99,116H,9-12,20-21,28-41,45-48,91H2,1-8H3,(H2,92,117)(H2,93,118)(H,96,101)(H,100,121)(H,102,119)(H,103,124)(H,104,128)(H,105,126)(H,106,123)(H,107,129)(H,108,120)(H,109,127)(H,110,125)(H,111,122)(H4,94,95,97)/t51-,60-,61-,62-,63-,64-,65-,66-,67-,68-,69-,70-,71-,72-/m0/s1. The summed E-state index contributed by atoms with van der Waals surface area (Å²) in [4.78, 5) is 267. The van der Waals surface area contributed by atoms with Gasteiger partial charge < -0.3 is 126 Å². The largest absolute Gasteiger partial charge is 0.394 e. The first-order valence-electron chi connectivity index (χ1n) is 45.0. The molecule has 2 saturated heterocycles. The molecule has 44 heteroatoms. The van der Waals surface area contributed by atoms with Gasteiger partial charge in [0.05, 0.1) is 31.7 Å². The summed E-state index contributed by atoms with van der Waals surface area (Å²) in [6.07, 6.45) is 5.52. The van der Waals surface area contributed by atoms with E-state index in [9.17, 15) is 57.8 Å². The van der Waals surface area contributed by atoms with Crippen LogP contribution in [0.15, 0.2) is 104 Å². The van der Waals surface area contributed by atoms with Crippen molar-refractivity contribution in [3.05, 3.63) is 126 Å². The van der Waals surface area contributed by atoms with Crippen molar-refractivity contribution in [1.82, 2.24) is 103 Å². The molecule has 17 amide bonds. The molecule has 2 aliphatic rings. The summed E-state index contributed by atoms with van der Waals surface area (Å²) < 4.78 is 0. The van der Waals surface area contributed by atoms with Gasteiger partial charge in [-0.3, -0.25) is 86.9 Å². The maximum atomic E-state index is 15.7. The molecule has 0 unspecified atom stereocenters. The monoisotopic (exact) mass is 1880 g/mol. The molecule has 5 heterocycles. The number of benzene rings is 3. The fraction of sp³-hybridized carbons (Fsp3) is 0.522. The molecule has 2 aliphatic heterocycles. The molecule has 25 N–H and O–H groups in total. The highest BCUT2D eigenvalue weighted by Crippen LogP contribution is 2.26. The number of nitrogens with zero attached hydrogens (tertiary/aromatic N) is 5. The number of para-hydroxylation sites is 2. The van der Waals surface area contributed by atoms with E-state index in [1.165, 1.54) is 40.6 Å². The lowest BCUT2D eigenvalue weighted by Crippen LogP contribution is -2.62. The number of imidazole rings is 1. The number of aliphatic hydroxyl groups excluding tert-OH is 1. The van der Waals surface area contributed by atoms with Gasteiger partial charge in [0.2, 0.25) is 100 Å². The molecule has 8 rings (SSSR count). The Hall–Kier alpha value is -13.5. The highest BCUT2D eigenvalue weighted by atomic mass is 32.2. The second kappa shape index (κ2) is 52.1. The number of carbonyl (C=O) groups is 17. The van der Waals surface area contributed by atoms with Gasteiger partial charge in [-0.15, -0.1) is 11.8 Å². The van der Waals surface area contributed by atoms with Crippen LogP contribution in [0.1, 0.15) is 140 Å². The van der Waals surface area contributed by atoms with Crippen molar-refractivity contribution in [2.45, 2.75) is 228 Å². The number of fused-ring (bicyclic) bond motifs is 3. The minimum absolute atomic E-state index is 0.00128. The number of guanidine groups is 1. The highest BCUT2D eigenvalue weighted by Gasteiger charge is 2.44. The first-order valence-corrected chi connectivity index (χ1v) is 46.2. The number of carbonyl (C=O) groups excluding carboxylic acids is 17. The van der Waals surface area contributed by atoms with Crippen molar-refractivity contribution >= 4 is 140 Å². The van der Waals surface area contributed by atoms with Crippen LogP contribution in [0.3, 0.4) is 0 Å². The van der Waals surface area contributed by atoms with E-state index < -0.39 is 222 Å². The smallest absolute Gasteiger partial charge is 0.246 e. The molecule has 0 saturated carbocycles. The van der Waals surface area contributed by atoms with Crippen LogP contribution in [0, 0.1) is 11.3 Å². The van der Waals surface area contributed by atoms with E-state index >= 15 is 28.8 Å². The molecule has 14 atom stereocenters. The molecule has 43 nitrogen and oxygen atoms in total. The number of unbranched alkanes of at least 4 members (excludes halogenated alkanes) is 2. The predicted molar refractivity (Wildman–Crippen MR) is 498 cm³/mol. The SMILES string of the molecule is CCCC[C@H]1C(=O)N(C)[C@@H](CCCC)C(=O)N[C@@H](CCCNC(=N)N)C(=O)N[C@H](C(=O)NCC(N)=O)CSCC(=O)N[C@@H](Cc2ccccc2)C(=O)N(C)[C@@H](C)C(=O)N[C@@H](CC(N)=O)C(=O)N2CCC[C@H]2C(=O)N[C@@H](Cc2cnc[nH]2)C(=O)N[C@@H](CC(C)C)C(=O)N[C@@H](CCN)C(=O)N[C@@H](Cc2c[nH]c3ccccc23)C(=O)N[C@@H](CO)C(=O)N[C@@H](Cc2c[nH]c3ccccc23)C(=O)N1C. The maximum absolute atomic E-state index is 15.7. The zero-order chi connectivity index (χ0) is 98.0. The van der Waals surface area contributed by atoms with Crippen LogP contribution in [0.5, 0.6) is 0 Å². The molecular formula is C90H129N25O18S. The van der Waals surface area contributed by atoms with Crippen molar-refractivity contribution in [1.29, 1.82) is 5.41 Å². The Morgan fingerprint density at radius 2 is 1.04 bits per heavy atom. The topological polar surface area (TPSA) is 656 Å². The second-order valence-corrected chi connectivity index (χ2v) is 35.1. The van der Waals surface area contributed by atoms with Gasteiger partial charge in [-0.05, 0) is 99.6 Å². The molecule has 0 radical (unpaired) electrons. The summed E-state index contributed by atoms with van der Waals surface area (Å²) in [6, 6.07) is 1.03. The lowest BCUT2D eigenvalue weighted by atomic mass is 10.00. The van der Waals surface area contributed by atoms with Gasteiger partial charge in [0.1, 0.15) is 84.6 Å². The zero-order valence-electron chi connectivity index (χ0n) is 76.8. The molecule has 6 aromatic rings. The van der Waals surface area contributed by atoms with E-state index in [1.807, 2.05) is 13.8 Å². The number of nitrogens with two attached hydrogens (primary N) is 4. The van der Waals surface area contributed by atoms with E-state index in [-0.39, 0.29) is 103 Å². The Kier molecular flexibility index (Phi) is 41.1. The number of amides is 17. The number of thioether (sulfide) groups is 1. The fourth-order valence-electron chi connectivity index (χ4n) is 16.0. The quantitative estimate of drug-likeness (QED) is 0.0134. The predicted octanol–water partition coefficient (Wildman–Crippen LogP) is -2.76. The number of aromatic nitrogens is 4. The summed E-state index contributed by atoms with van der Waals surface area (Å²) in [5.41, 5.74) is 26.1. The van der Waals surface area contributed by atoms with E-state index in [2.05, 4.69) is 83.7 Å². The van der Waals surface area contributed by atoms with Gasteiger partial charge in [-0.2, -0.15) is 0 Å². The molecule has 0 spiro atoms. The molecule has 0 bridgehead atoms. The third-order valence-electron chi connectivity index (χ3n) is 23.5. The summed E-state index contributed by atoms with van der Waals surface area (Å²) >= 11 is 0.793. The number of aliphatic hydroxyl groups is 1. The van der Waals surface area contributed by atoms with E-state index in [0.29, 0.717) is 69.9 Å². The van der Waals surface area contributed by atoms with Crippen LogP contribution < -0.4 is 86.7 Å². The Morgan fingerprint density at radius 3 is 1.64 bits per heavy atom. The fourth-order valence-corrected chi connectivity index (χ4v) is 16.8. The van der Waals surface area contributed by atoms with Gasteiger partial charge in [0.25, 0.3) is 0 Å². The minimum Gasteiger partial charge on any atom is -0.394 e. The Balaban J connectivity index is 1.20. The average Bonchev–Trinajstić information content (AvgIpc) is 1.54. The van der Waals surface area contributed by atoms with Gasteiger partial charge in [-0.1, -0.05) is 120 Å². The maximum Gasteiger partial charge on any atom is 0.246 e. The molecule has 134 heavy (non-hydrogen) atoms. The normalized spacial score (nSPS) is 23.8. The van der Waals surface area contributed by atoms with E-state index in [0.717, 1.165) is 31.4 Å². The summed E-state index contributed by atoms with van der Waals surface area (Å²) in [6.45, 7) is 6.36. The number of likely N-dealkylation sites (N-methyl/N-ethyl adjacent to an activating group) is 3. The molecular weight excluding hydrogens is 1750 g/mol. The van der Waals surface area contributed by atoms with Gasteiger partial charge >= 0.3 is 0 Å². The van der Waals surface area contributed by atoms with Crippen LogP contribution in [0.25, 0.3) is 21.8 Å². The first-order chi connectivity index (χ1) is 63.9. The number of rotatable bonds is 28. The lowest BCUT2D eigenvalue weighted by Gasteiger charge is -2.36. The van der Waals surface area contributed by atoms with Gasteiger partial charge in [0, 0.05) is 112 Å². The number of H-pyrrole nitrogens is 3. The van der Waals surface area contributed by atoms with Crippen molar-refractivity contribution in [2.24, 2.45) is 28.9 Å². The Morgan fingerprint density at radius 1 is 0.530 bits per heavy atom. The highest BCUT2D eigenvalue weighted by molar-refractivity contribution is 8.00. The van der Waals surface area contributed by atoms with Crippen LogP contribution >= 0.6 is 11.8 Å². The number of primary amides is 2. The summed E-state index contributed by atoms with van der Waals surface area (Å²) in [5.74, 6) is -17.5. The van der Waals surface area contributed by atoms with Crippen LogP contribution in [0.4, 0.5) is 0 Å².